The molecule has 0 spiro atoms. The van der Waals surface area contributed by atoms with Gasteiger partial charge in [0.15, 0.2) is 4.77 Å². The molecule has 3 N–H and O–H groups in total. The van der Waals surface area contributed by atoms with Gasteiger partial charge in [-0.2, -0.15) is 0 Å². The minimum Gasteiger partial charge on any atom is -0.497 e. The normalized spacial score (nSPS) is 10.4. The maximum atomic E-state index is 5.75. The van der Waals surface area contributed by atoms with Gasteiger partial charge in [-0.3, -0.25) is 0 Å². The molecule has 0 saturated carbocycles. The topological polar surface area (TPSA) is 56.0 Å². The zero-order chi connectivity index (χ0) is 11.7. The Morgan fingerprint density at radius 2 is 1.94 bits per heavy atom. The van der Waals surface area contributed by atoms with Crippen LogP contribution in [0.4, 0.5) is 0 Å². The van der Waals surface area contributed by atoms with Crippen LogP contribution in [0.3, 0.4) is 0 Å². The Balaban J connectivity index is 2.50. The fraction of sp³-hybridized carbons (Fsp3) is 0.182. The van der Waals surface area contributed by atoms with Crippen LogP contribution in [-0.4, -0.2) is 16.8 Å². The van der Waals surface area contributed by atoms with Gasteiger partial charge in [0.25, 0.3) is 0 Å². The van der Waals surface area contributed by atoms with Crippen molar-refractivity contribution < 1.29 is 4.74 Å². The summed E-state index contributed by atoms with van der Waals surface area (Å²) in [4.78, 5) is 3.08. The molecule has 84 valence electrons. The third kappa shape index (κ3) is 1.69. The van der Waals surface area contributed by atoms with Crippen LogP contribution >= 0.6 is 12.2 Å². The van der Waals surface area contributed by atoms with Gasteiger partial charge in [0.2, 0.25) is 0 Å². The average molecular weight is 235 g/mol. The number of methoxy groups -OCH3 is 1. The smallest absolute Gasteiger partial charge is 0.196 e. The van der Waals surface area contributed by atoms with Crippen molar-refractivity contribution in [3.8, 4) is 17.0 Å². The number of nitrogens with two attached hydrogens (primary N) is 1. The van der Waals surface area contributed by atoms with Gasteiger partial charge in [-0.1, -0.05) is 0 Å². The highest BCUT2D eigenvalue weighted by Crippen LogP contribution is 2.23. The van der Waals surface area contributed by atoms with Crippen molar-refractivity contribution in [3.05, 3.63) is 34.7 Å². The monoisotopic (exact) mass is 235 g/mol. The van der Waals surface area contributed by atoms with Crippen molar-refractivity contribution in [3.63, 3.8) is 0 Å². The molecule has 5 heteroatoms. The molecule has 0 unspecified atom stereocenters. The summed E-state index contributed by atoms with van der Waals surface area (Å²) < 4.78 is 7.09. The molecule has 0 atom stereocenters. The molecule has 1 aromatic carbocycles. The van der Waals surface area contributed by atoms with E-state index < -0.39 is 0 Å². The number of ether oxygens (including phenoxy) is 1. The second-order valence-electron chi connectivity index (χ2n) is 3.49. The number of hydrogen-bond acceptors (Lipinski definition) is 3. The van der Waals surface area contributed by atoms with Crippen molar-refractivity contribution >= 4 is 12.2 Å². The Kier molecular flexibility index (Phi) is 2.70. The molecule has 16 heavy (non-hydrogen) atoms. The van der Waals surface area contributed by atoms with E-state index in [9.17, 15) is 0 Å². The maximum Gasteiger partial charge on any atom is 0.196 e. The molecule has 0 aliphatic carbocycles. The van der Waals surface area contributed by atoms with Gasteiger partial charge in [0.1, 0.15) is 5.75 Å². The number of nitrogens with zero attached hydrogens (tertiary/aromatic N) is 1. The number of aromatic nitrogens is 2. The predicted octanol–water partition coefficient (Wildman–Crippen LogP) is 2.24. The van der Waals surface area contributed by atoms with Gasteiger partial charge < -0.3 is 15.6 Å². The lowest BCUT2D eigenvalue weighted by atomic mass is 10.1. The Labute approximate surface area is 98.6 Å². The van der Waals surface area contributed by atoms with E-state index in [1.54, 1.807) is 7.11 Å². The van der Waals surface area contributed by atoms with Gasteiger partial charge >= 0.3 is 0 Å². The standard InChI is InChI=1S/C11H13N3OS/c1-7-10(13-11(16)14(7)12)8-3-5-9(15-2)6-4-8/h3-6H,12H2,1-2H3,(H,13,16). The minimum atomic E-state index is 0.517. The van der Waals surface area contributed by atoms with Gasteiger partial charge in [0.05, 0.1) is 18.5 Å². The second kappa shape index (κ2) is 4.02. The molecule has 0 aliphatic rings. The molecule has 0 saturated heterocycles. The Bertz CT molecular complexity index is 554. The lowest BCUT2D eigenvalue weighted by Crippen LogP contribution is -2.09. The largest absolute Gasteiger partial charge is 0.497 e. The summed E-state index contributed by atoms with van der Waals surface area (Å²) >= 11 is 5.07. The molecule has 0 bridgehead atoms. The summed E-state index contributed by atoms with van der Waals surface area (Å²) in [5.41, 5.74) is 2.89. The third-order valence-electron chi connectivity index (χ3n) is 2.55. The van der Waals surface area contributed by atoms with Crippen LogP contribution in [0.5, 0.6) is 5.75 Å². The highest BCUT2D eigenvalue weighted by atomic mass is 32.1. The Morgan fingerprint density at radius 3 is 2.38 bits per heavy atom. The zero-order valence-corrected chi connectivity index (χ0v) is 9.97. The first-order valence-electron chi connectivity index (χ1n) is 4.84. The van der Waals surface area contributed by atoms with E-state index in [0.717, 1.165) is 22.7 Å². The number of rotatable bonds is 2. The van der Waals surface area contributed by atoms with Crippen molar-refractivity contribution in [2.24, 2.45) is 0 Å². The van der Waals surface area contributed by atoms with Crippen LogP contribution in [0.1, 0.15) is 5.69 Å². The average Bonchev–Trinajstić information content (AvgIpc) is 2.57. The van der Waals surface area contributed by atoms with Crippen LogP contribution in [-0.2, 0) is 0 Å². The van der Waals surface area contributed by atoms with E-state index in [-0.39, 0.29) is 0 Å². The number of nitrogens with one attached hydrogen (secondary N) is 1. The van der Waals surface area contributed by atoms with E-state index in [0.29, 0.717) is 4.77 Å². The molecule has 1 aromatic heterocycles. The number of benzene rings is 1. The van der Waals surface area contributed by atoms with E-state index >= 15 is 0 Å². The molecular formula is C11H13N3OS. The molecule has 4 nitrogen and oxygen atoms in total. The number of hydrogen-bond donors (Lipinski definition) is 2. The molecule has 2 aromatic rings. The highest BCUT2D eigenvalue weighted by Gasteiger charge is 2.07. The first-order chi connectivity index (χ1) is 7.63. The van der Waals surface area contributed by atoms with E-state index in [1.807, 2.05) is 31.2 Å². The van der Waals surface area contributed by atoms with Crippen LogP contribution in [0.25, 0.3) is 11.3 Å². The fourth-order valence-electron chi connectivity index (χ4n) is 1.57. The first-order valence-corrected chi connectivity index (χ1v) is 5.25. The maximum absolute atomic E-state index is 5.75. The summed E-state index contributed by atoms with van der Waals surface area (Å²) in [5, 5.41) is 0. The van der Waals surface area contributed by atoms with Gasteiger partial charge in [-0.25, -0.2) is 4.68 Å². The predicted molar refractivity (Wildman–Crippen MR) is 66.5 cm³/mol. The molecular weight excluding hydrogens is 222 g/mol. The number of nitrogen functional groups attached to an aromatic ring is 1. The fourth-order valence-corrected chi connectivity index (χ4v) is 1.81. The summed E-state index contributed by atoms with van der Waals surface area (Å²) in [6.07, 6.45) is 0. The second-order valence-corrected chi connectivity index (χ2v) is 3.88. The zero-order valence-electron chi connectivity index (χ0n) is 9.15. The van der Waals surface area contributed by atoms with Crippen molar-refractivity contribution in [1.82, 2.24) is 9.66 Å². The van der Waals surface area contributed by atoms with Crippen LogP contribution in [0, 0.1) is 11.7 Å². The molecule has 0 aliphatic heterocycles. The summed E-state index contributed by atoms with van der Waals surface area (Å²) in [6.45, 7) is 1.92. The van der Waals surface area contributed by atoms with Gasteiger partial charge in [0, 0.05) is 5.56 Å². The minimum absolute atomic E-state index is 0.517. The molecule has 1 heterocycles. The van der Waals surface area contributed by atoms with Crippen LogP contribution in [0.15, 0.2) is 24.3 Å². The molecule has 0 fully saturated rings. The van der Waals surface area contributed by atoms with Crippen molar-refractivity contribution in [1.29, 1.82) is 0 Å². The lowest BCUT2D eigenvalue weighted by Gasteiger charge is -2.03. The number of imidazole rings is 1. The number of H-pyrrole nitrogens is 1. The van der Waals surface area contributed by atoms with Crippen LogP contribution in [0.2, 0.25) is 0 Å². The summed E-state index contributed by atoms with van der Waals surface area (Å²) in [7, 11) is 1.64. The third-order valence-corrected chi connectivity index (χ3v) is 2.85. The molecule has 0 radical (unpaired) electrons. The van der Waals surface area contributed by atoms with Gasteiger partial charge in [-0.15, -0.1) is 0 Å². The van der Waals surface area contributed by atoms with Crippen LogP contribution < -0.4 is 10.6 Å². The summed E-state index contributed by atoms with van der Waals surface area (Å²) in [5.74, 6) is 6.58. The van der Waals surface area contributed by atoms with E-state index in [4.69, 9.17) is 22.8 Å². The van der Waals surface area contributed by atoms with Crippen molar-refractivity contribution in [2.45, 2.75) is 6.92 Å². The Morgan fingerprint density at radius 1 is 1.31 bits per heavy atom. The van der Waals surface area contributed by atoms with Gasteiger partial charge in [-0.05, 0) is 43.4 Å². The van der Waals surface area contributed by atoms with Crippen molar-refractivity contribution in [2.75, 3.05) is 13.0 Å². The Hall–Kier alpha value is -1.75. The molecule has 2 rings (SSSR count). The van der Waals surface area contributed by atoms with E-state index in [1.165, 1.54) is 4.68 Å². The highest BCUT2D eigenvalue weighted by molar-refractivity contribution is 7.71. The SMILES string of the molecule is COc1ccc(-c2[nH]c(=S)n(N)c2C)cc1. The first kappa shape index (κ1) is 10.8. The lowest BCUT2D eigenvalue weighted by molar-refractivity contribution is 0.415. The van der Waals surface area contributed by atoms with E-state index in [2.05, 4.69) is 4.98 Å². The number of aromatic amines is 1. The quantitative estimate of drug-likeness (QED) is 0.620. The summed E-state index contributed by atoms with van der Waals surface area (Å²) in [6, 6.07) is 7.73. The molecule has 0 amide bonds.